The van der Waals surface area contributed by atoms with Gasteiger partial charge in [0.25, 0.3) is 0 Å². The summed E-state index contributed by atoms with van der Waals surface area (Å²) in [5.74, 6) is 0. The molecule has 1 rings (SSSR count). The predicted molar refractivity (Wildman–Crippen MR) is 51.4 cm³/mol. The van der Waals surface area contributed by atoms with Crippen LogP contribution in [0.5, 0.6) is 0 Å². The van der Waals surface area contributed by atoms with Crippen molar-refractivity contribution in [2.45, 2.75) is 13.8 Å². The van der Waals surface area contributed by atoms with Crippen molar-refractivity contribution in [2.75, 3.05) is 0 Å². The molecule has 0 aromatic carbocycles. The van der Waals surface area contributed by atoms with E-state index in [1.807, 2.05) is 26.0 Å². The topological polar surface area (TPSA) is 25.2 Å². The van der Waals surface area contributed by atoms with E-state index in [9.17, 15) is 0 Å². The molecule has 2 heteroatoms. The van der Waals surface area contributed by atoms with Crippen LogP contribution < -0.4 is 0 Å². The lowest BCUT2D eigenvalue weighted by Gasteiger charge is -1.98. The van der Waals surface area contributed by atoms with Crippen molar-refractivity contribution in [1.82, 2.24) is 4.98 Å². The molecule has 0 spiro atoms. The number of aliphatic imine (C=N–C) groups is 1. The highest BCUT2D eigenvalue weighted by atomic mass is 14.8. The third-order valence-electron chi connectivity index (χ3n) is 1.57. The first kappa shape index (κ1) is 8.65. The summed E-state index contributed by atoms with van der Waals surface area (Å²) in [7, 11) is 0. The lowest BCUT2D eigenvalue weighted by Crippen LogP contribution is -1.97. The molecule has 0 atom stereocenters. The fourth-order valence-corrected chi connectivity index (χ4v) is 0.937. The Kier molecular flexibility index (Phi) is 2.75. The van der Waals surface area contributed by atoms with Gasteiger partial charge < -0.3 is 0 Å². The maximum Gasteiger partial charge on any atom is 0.0844 e. The highest BCUT2D eigenvalue weighted by Crippen LogP contribution is 2.01. The maximum atomic E-state index is 4.18. The van der Waals surface area contributed by atoms with E-state index >= 15 is 0 Å². The van der Waals surface area contributed by atoms with Crippen LogP contribution >= 0.6 is 0 Å². The summed E-state index contributed by atoms with van der Waals surface area (Å²) in [6.45, 7) is 7.49. The molecule has 0 N–H and O–H groups in total. The smallest absolute Gasteiger partial charge is 0.0844 e. The zero-order valence-corrected chi connectivity index (χ0v) is 7.41. The molecule has 0 fully saturated rings. The average Bonchev–Trinajstić information content (AvgIpc) is 2.05. The largest absolute Gasteiger partial charge is 0.260 e. The summed E-state index contributed by atoms with van der Waals surface area (Å²) < 4.78 is 0. The molecule has 0 saturated heterocycles. The third kappa shape index (κ3) is 2.02. The Bertz CT molecular complexity index is 313. The molecule has 2 nitrogen and oxygen atoms in total. The van der Waals surface area contributed by atoms with Crippen molar-refractivity contribution in [2.24, 2.45) is 4.99 Å². The molecular weight excluding hydrogens is 148 g/mol. The van der Waals surface area contributed by atoms with Crippen molar-refractivity contribution in [3.8, 4) is 0 Å². The molecular formula is C10H12N2. The third-order valence-corrected chi connectivity index (χ3v) is 1.57. The summed E-state index contributed by atoms with van der Waals surface area (Å²) in [5.41, 5.74) is 3.00. The zero-order valence-electron chi connectivity index (χ0n) is 7.41. The lowest BCUT2D eigenvalue weighted by atomic mass is 10.2. The number of hydrogen-bond acceptors (Lipinski definition) is 2. The van der Waals surface area contributed by atoms with Crippen LogP contribution in [0.1, 0.15) is 18.2 Å². The Balaban J connectivity index is 3.03. The maximum absolute atomic E-state index is 4.18. The number of nitrogens with zero attached hydrogens (tertiary/aromatic N) is 2. The van der Waals surface area contributed by atoms with Gasteiger partial charge in [-0.3, -0.25) is 9.98 Å². The Morgan fingerprint density at radius 2 is 2.42 bits per heavy atom. The molecule has 0 unspecified atom stereocenters. The van der Waals surface area contributed by atoms with E-state index in [0.717, 1.165) is 11.4 Å². The van der Waals surface area contributed by atoms with E-state index in [0.29, 0.717) is 0 Å². The molecule has 0 aliphatic heterocycles. The quantitative estimate of drug-likeness (QED) is 0.609. The monoisotopic (exact) mass is 160 g/mol. The van der Waals surface area contributed by atoms with Gasteiger partial charge in [0.2, 0.25) is 0 Å². The van der Waals surface area contributed by atoms with Gasteiger partial charge in [-0.15, -0.1) is 0 Å². The first-order valence-electron chi connectivity index (χ1n) is 3.82. The second-order valence-corrected chi connectivity index (χ2v) is 2.62. The van der Waals surface area contributed by atoms with Gasteiger partial charge in [-0.2, -0.15) is 0 Å². The molecule has 0 radical (unpaired) electrons. The van der Waals surface area contributed by atoms with Crippen LogP contribution in [0.2, 0.25) is 0 Å². The van der Waals surface area contributed by atoms with E-state index < -0.39 is 0 Å². The number of pyridine rings is 1. The Labute approximate surface area is 72.7 Å². The second-order valence-electron chi connectivity index (χ2n) is 2.62. The van der Waals surface area contributed by atoms with Crippen molar-refractivity contribution >= 4 is 5.71 Å². The number of aromatic nitrogens is 1. The van der Waals surface area contributed by atoms with Gasteiger partial charge >= 0.3 is 0 Å². The predicted octanol–water partition coefficient (Wildman–Crippen LogP) is 2.34. The summed E-state index contributed by atoms with van der Waals surface area (Å²) in [4.78, 5) is 8.23. The minimum Gasteiger partial charge on any atom is -0.260 e. The van der Waals surface area contributed by atoms with Crippen LogP contribution in [0.15, 0.2) is 36.1 Å². The van der Waals surface area contributed by atoms with Crippen LogP contribution in [-0.2, 0) is 0 Å². The lowest BCUT2D eigenvalue weighted by molar-refractivity contribution is 1.24. The van der Waals surface area contributed by atoms with E-state index in [-0.39, 0.29) is 0 Å². The van der Waals surface area contributed by atoms with Gasteiger partial charge in [0, 0.05) is 12.4 Å². The van der Waals surface area contributed by atoms with Crippen LogP contribution in [-0.4, -0.2) is 10.7 Å². The fourth-order valence-electron chi connectivity index (χ4n) is 0.937. The molecule has 0 saturated carbocycles. The van der Waals surface area contributed by atoms with Crippen LogP contribution in [0, 0.1) is 6.92 Å². The molecule has 12 heavy (non-hydrogen) atoms. The van der Waals surface area contributed by atoms with Crippen molar-refractivity contribution in [3.63, 3.8) is 0 Å². The van der Waals surface area contributed by atoms with Gasteiger partial charge in [-0.25, -0.2) is 0 Å². The normalized spacial score (nSPS) is 11.3. The molecule has 0 bridgehead atoms. The highest BCUT2D eigenvalue weighted by Gasteiger charge is 1.96. The van der Waals surface area contributed by atoms with Crippen molar-refractivity contribution in [3.05, 3.63) is 42.4 Å². The van der Waals surface area contributed by atoms with Crippen LogP contribution in [0.3, 0.4) is 0 Å². The van der Waals surface area contributed by atoms with Gasteiger partial charge in [0.1, 0.15) is 0 Å². The molecule has 62 valence electrons. The summed E-state index contributed by atoms with van der Waals surface area (Å²) in [6, 6.07) is 3.97. The molecule has 1 heterocycles. The van der Waals surface area contributed by atoms with Gasteiger partial charge in [-0.1, -0.05) is 6.58 Å². The summed E-state index contributed by atoms with van der Waals surface area (Å²) in [5, 5.41) is 0. The van der Waals surface area contributed by atoms with Crippen LogP contribution in [0.4, 0.5) is 0 Å². The average molecular weight is 160 g/mol. The molecule has 1 aromatic rings. The molecule has 0 aliphatic rings. The van der Waals surface area contributed by atoms with Gasteiger partial charge in [0.15, 0.2) is 0 Å². The van der Waals surface area contributed by atoms with Crippen LogP contribution in [0.25, 0.3) is 0 Å². The minimum atomic E-state index is 0.897. The fraction of sp³-hybridized carbons (Fsp3) is 0.200. The molecule has 0 aliphatic carbocycles. The van der Waals surface area contributed by atoms with Crippen molar-refractivity contribution in [1.29, 1.82) is 0 Å². The zero-order chi connectivity index (χ0) is 8.97. The number of rotatable bonds is 2. The second kappa shape index (κ2) is 3.81. The molecule has 1 aromatic heterocycles. The van der Waals surface area contributed by atoms with Crippen molar-refractivity contribution < 1.29 is 0 Å². The minimum absolute atomic E-state index is 0.897. The van der Waals surface area contributed by atoms with E-state index in [4.69, 9.17) is 0 Å². The Morgan fingerprint density at radius 1 is 1.67 bits per heavy atom. The number of hydrogen-bond donors (Lipinski definition) is 0. The summed E-state index contributed by atoms with van der Waals surface area (Å²) in [6.07, 6.45) is 3.31. The first-order valence-corrected chi connectivity index (χ1v) is 3.82. The van der Waals surface area contributed by atoms with E-state index in [2.05, 4.69) is 16.6 Å². The van der Waals surface area contributed by atoms with Gasteiger partial charge in [0.05, 0.1) is 11.4 Å². The van der Waals surface area contributed by atoms with Gasteiger partial charge in [-0.05, 0) is 31.5 Å². The Morgan fingerprint density at radius 3 is 3.00 bits per heavy atom. The SMILES string of the molecule is C=CN=C(C)c1cc(C)ccn1. The van der Waals surface area contributed by atoms with E-state index in [1.54, 1.807) is 6.20 Å². The molecule has 0 amide bonds. The highest BCUT2D eigenvalue weighted by molar-refractivity contribution is 5.97. The Hall–Kier alpha value is -1.44. The number of aryl methyl sites for hydroxylation is 1. The van der Waals surface area contributed by atoms with E-state index in [1.165, 1.54) is 11.8 Å². The standard InChI is InChI=1S/C10H12N2/c1-4-11-9(3)10-7-8(2)5-6-12-10/h4-7H,1H2,2-3H3. The summed E-state index contributed by atoms with van der Waals surface area (Å²) >= 11 is 0. The first-order chi connectivity index (χ1) is 5.74.